The van der Waals surface area contributed by atoms with Crippen molar-refractivity contribution in [3.05, 3.63) is 72.3 Å². The maximum atomic E-state index is 12.5. The summed E-state index contributed by atoms with van der Waals surface area (Å²) in [6.45, 7) is 3.83. The molecule has 26 heavy (non-hydrogen) atoms. The van der Waals surface area contributed by atoms with Gasteiger partial charge in [-0.15, -0.1) is 0 Å². The van der Waals surface area contributed by atoms with Gasteiger partial charge >= 0.3 is 0 Å². The van der Waals surface area contributed by atoms with Crippen molar-refractivity contribution in [2.45, 2.75) is 20.0 Å². The van der Waals surface area contributed by atoms with E-state index in [2.05, 4.69) is 10.6 Å². The van der Waals surface area contributed by atoms with Crippen molar-refractivity contribution in [2.24, 2.45) is 0 Å². The second kappa shape index (κ2) is 7.97. The number of carbonyl (C=O) groups is 1. The number of carbonyl (C=O) groups excluding carboxylic acids is 1. The van der Waals surface area contributed by atoms with E-state index in [1.807, 2.05) is 62.4 Å². The number of rotatable bonds is 4. The third-order valence-corrected chi connectivity index (χ3v) is 3.93. The van der Waals surface area contributed by atoms with Gasteiger partial charge in [0.2, 0.25) is 0 Å². The van der Waals surface area contributed by atoms with Gasteiger partial charge in [-0.25, -0.2) is 0 Å². The van der Waals surface area contributed by atoms with Crippen LogP contribution >= 0.6 is 12.2 Å². The van der Waals surface area contributed by atoms with Crippen LogP contribution in [0.15, 0.2) is 66.7 Å². The van der Waals surface area contributed by atoms with Gasteiger partial charge in [-0.2, -0.15) is 0 Å². The lowest BCUT2D eigenvalue weighted by molar-refractivity contribution is 0.0972. The first-order chi connectivity index (χ1) is 12.5. The molecule has 0 radical (unpaired) electrons. The highest BCUT2D eigenvalue weighted by Crippen LogP contribution is 2.20. The number of nitrogens with one attached hydrogen (secondary N) is 2. The van der Waals surface area contributed by atoms with Crippen LogP contribution in [0.2, 0.25) is 0 Å². The van der Waals surface area contributed by atoms with E-state index in [9.17, 15) is 4.79 Å². The van der Waals surface area contributed by atoms with E-state index in [-0.39, 0.29) is 17.1 Å². The lowest BCUT2D eigenvalue weighted by Crippen LogP contribution is -2.34. The first-order valence-electron chi connectivity index (χ1n) is 8.40. The van der Waals surface area contributed by atoms with Crippen molar-refractivity contribution in [2.75, 3.05) is 5.32 Å². The van der Waals surface area contributed by atoms with Gasteiger partial charge in [0.05, 0.1) is 11.7 Å². The summed E-state index contributed by atoms with van der Waals surface area (Å²) in [5.74, 6) is 0.230. The van der Waals surface area contributed by atoms with Crippen LogP contribution in [0.1, 0.15) is 24.2 Å². The highest BCUT2D eigenvalue weighted by atomic mass is 32.1. The first-order valence-corrected chi connectivity index (χ1v) is 8.80. The highest BCUT2D eigenvalue weighted by Gasteiger charge is 2.14. The predicted octanol–water partition coefficient (Wildman–Crippen LogP) is 4.75. The zero-order valence-electron chi connectivity index (χ0n) is 14.7. The van der Waals surface area contributed by atoms with Crippen LogP contribution < -0.4 is 15.4 Å². The lowest BCUT2D eigenvalue weighted by Gasteiger charge is -2.15. The molecular weight excluding hydrogens is 344 g/mol. The standard InChI is InChI=1S/C21H20N2O2S/c1-14(2)25-19-10-6-5-9-18(19)20(24)23-21(26)22-17-12-11-15-7-3-4-8-16(15)13-17/h3-14H,1-2H3,(H2,22,23,24,26). The Labute approximate surface area is 158 Å². The Balaban J connectivity index is 1.70. The van der Waals surface area contributed by atoms with Crippen molar-refractivity contribution < 1.29 is 9.53 Å². The molecule has 0 bridgehead atoms. The zero-order valence-corrected chi connectivity index (χ0v) is 15.5. The number of anilines is 1. The summed E-state index contributed by atoms with van der Waals surface area (Å²) in [7, 11) is 0. The monoisotopic (exact) mass is 364 g/mol. The number of amides is 1. The zero-order chi connectivity index (χ0) is 18.5. The van der Waals surface area contributed by atoms with Crippen LogP contribution in [-0.4, -0.2) is 17.1 Å². The molecule has 0 atom stereocenters. The summed E-state index contributed by atoms with van der Waals surface area (Å²) in [5, 5.41) is 8.25. The summed E-state index contributed by atoms with van der Waals surface area (Å²) >= 11 is 5.28. The molecule has 0 aromatic heterocycles. The molecule has 0 heterocycles. The summed E-state index contributed by atoms with van der Waals surface area (Å²) in [4.78, 5) is 12.5. The minimum absolute atomic E-state index is 0.0216. The lowest BCUT2D eigenvalue weighted by atomic mass is 10.1. The van der Waals surface area contributed by atoms with Crippen LogP contribution in [0.4, 0.5) is 5.69 Å². The molecular formula is C21H20N2O2S. The average molecular weight is 364 g/mol. The first kappa shape index (κ1) is 17.9. The quantitative estimate of drug-likeness (QED) is 0.656. The van der Waals surface area contributed by atoms with E-state index >= 15 is 0 Å². The highest BCUT2D eigenvalue weighted by molar-refractivity contribution is 7.80. The Morgan fingerprint density at radius 1 is 0.962 bits per heavy atom. The molecule has 0 aliphatic carbocycles. The van der Waals surface area contributed by atoms with Gasteiger partial charge in [0.25, 0.3) is 5.91 Å². The van der Waals surface area contributed by atoms with Crippen molar-refractivity contribution in [1.82, 2.24) is 5.32 Å². The van der Waals surface area contributed by atoms with Crippen LogP contribution in [0, 0.1) is 0 Å². The molecule has 0 aliphatic heterocycles. The fraction of sp³-hybridized carbons (Fsp3) is 0.143. The normalized spacial score (nSPS) is 10.6. The molecule has 5 heteroatoms. The minimum atomic E-state index is -0.306. The maximum absolute atomic E-state index is 12.5. The molecule has 0 aliphatic rings. The van der Waals surface area contributed by atoms with Crippen LogP contribution in [0.25, 0.3) is 10.8 Å². The Bertz CT molecular complexity index is 953. The molecule has 2 N–H and O–H groups in total. The minimum Gasteiger partial charge on any atom is -0.490 e. The van der Waals surface area contributed by atoms with E-state index in [0.717, 1.165) is 16.5 Å². The molecule has 132 valence electrons. The molecule has 0 saturated carbocycles. The largest absolute Gasteiger partial charge is 0.490 e. The molecule has 0 fully saturated rings. The number of hydrogen-bond donors (Lipinski definition) is 2. The summed E-state index contributed by atoms with van der Waals surface area (Å²) in [6.07, 6.45) is -0.0216. The van der Waals surface area contributed by atoms with E-state index in [4.69, 9.17) is 17.0 Å². The summed E-state index contributed by atoms with van der Waals surface area (Å²) in [6, 6.07) is 21.1. The second-order valence-electron chi connectivity index (χ2n) is 6.13. The van der Waals surface area contributed by atoms with Crippen molar-refractivity contribution in [3.63, 3.8) is 0 Å². The molecule has 0 spiro atoms. The Morgan fingerprint density at radius 2 is 1.65 bits per heavy atom. The Morgan fingerprint density at radius 3 is 2.42 bits per heavy atom. The molecule has 0 saturated heterocycles. The number of ether oxygens (including phenoxy) is 1. The SMILES string of the molecule is CC(C)Oc1ccccc1C(=O)NC(=S)Nc1ccc2ccccc2c1. The van der Waals surface area contributed by atoms with Gasteiger partial charge in [-0.05, 0) is 61.1 Å². The van der Waals surface area contributed by atoms with Gasteiger partial charge in [0, 0.05) is 5.69 Å². The number of fused-ring (bicyclic) bond motifs is 1. The van der Waals surface area contributed by atoms with Crippen LogP contribution in [0.5, 0.6) is 5.75 Å². The molecule has 3 aromatic carbocycles. The number of para-hydroxylation sites is 1. The smallest absolute Gasteiger partial charge is 0.261 e. The fourth-order valence-corrected chi connectivity index (χ4v) is 2.82. The summed E-state index contributed by atoms with van der Waals surface area (Å²) in [5.41, 5.74) is 1.27. The third kappa shape index (κ3) is 4.37. The predicted molar refractivity (Wildman–Crippen MR) is 110 cm³/mol. The van der Waals surface area contributed by atoms with Crippen molar-refractivity contribution >= 4 is 39.7 Å². The van der Waals surface area contributed by atoms with E-state index in [1.165, 1.54) is 0 Å². The molecule has 3 rings (SSSR count). The van der Waals surface area contributed by atoms with Crippen LogP contribution in [0.3, 0.4) is 0 Å². The number of benzene rings is 3. The maximum Gasteiger partial charge on any atom is 0.261 e. The van der Waals surface area contributed by atoms with Crippen LogP contribution in [-0.2, 0) is 0 Å². The van der Waals surface area contributed by atoms with E-state index in [0.29, 0.717) is 11.3 Å². The number of hydrogen-bond acceptors (Lipinski definition) is 3. The van der Waals surface area contributed by atoms with Gasteiger partial charge in [0.15, 0.2) is 5.11 Å². The Hall–Kier alpha value is -2.92. The average Bonchev–Trinajstić information content (AvgIpc) is 2.61. The molecule has 3 aromatic rings. The third-order valence-electron chi connectivity index (χ3n) is 3.73. The molecule has 1 amide bonds. The van der Waals surface area contributed by atoms with Gasteiger partial charge in [-0.3, -0.25) is 10.1 Å². The Kier molecular flexibility index (Phi) is 5.49. The van der Waals surface area contributed by atoms with Crippen molar-refractivity contribution in [1.29, 1.82) is 0 Å². The fourth-order valence-electron chi connectivity index (χ4n) is 2.61. The topological polar surface area (TPSA) is 50.4 Å². The summed E-state index contributed by atoms with van der Waals surface area (Å²) < 4.78 is 5.69. The van der Waals surface area contributed by atoms with Gasteiger partial charge in [0.1, 0.15) is 5.75 Å². The van der Waals surface area contributed by atoms with Gasteiger partial charge in [-0.1, -0.05) is 42.5 Å². The number of thiocarbonyl (C=S) groups is 1. The second-order valence-corrected chi connectivity index (χ2v) is 6.54. The van der Waals surface area contributed by atoms with Gasteiger partial charge < -0.3 is 10.1 Å². The van der Waals surface area contributed by atoms with E-state index in [1.54, 1.807) is 18.2 Å². The molecule has 4 nitrogen and oxygen atoms in total. The van der Waals surface area contributed by atoms with Crippen molar-refractivity contribution in [3.8, 4) is 5.75 Å². The van der Waals surface area contributed by atoms with E-state index < -0.39 is 0 Å². The molecule has 0 unspecified atom stereocenters.